The minimum absolute atomic E-state index is 0.323. The van der Waals surface area contributed by atoms with E-state index in [2.05, 4.69) is 5.32 Å². The Bertz CT molecular complexity index is 495. The summed E-state index contributed by atoms with van der Waals surface area (Å²) in [6.07, 6.45) is 0.682. The summed E-state index contributed by atoms with van der Waals surface area (Å²) in [7, 11) is 0. The first kappa shape index (κ1) is 15.0. The number of benzene rings is 1. The summed E-state index contributed by atoms with van der Waals surface area (Å²) in [5.74, 6) is -0.0909. The first-order valence-electron chi connectivity index (χ1n) is 6.17. The third kappa shape index (κ3) is 3.80. The van der Waals surface area contributed by atoms with Crippen molar-refractivity contribution >= 4 is 35.4 Å². The molecular formula is C13H15ClN2O3S. The normalized spacial score (nSPS) is 18.1. The Morgan fingerprint density at radius 3 is 2.75 bits per heavy atom. The topological polar surface area (TPSA) is 69.6 Å². The van der Waals surface area contributed by atoms with Gasteiger partial charge in [0.05, 0.1) is 5.88 Å². The fourth-order valence-electron chi connectivity index (χ4n) is 1.91. The number of urea groups is 1. The van der Waals surface area contributed by atoms with E-state index in [9.17, 15) is 9.59 Å². The van der Waals surface area contributed by atoms with Gasteiger partial charge in [0, 0.05) is 17.3 Å². The highest BCUT2D eigenvalue weighted by Gasteiger charge is 2.34. The van der Waals surface area contributed by atoms with E-state index in [1.54, 1.807) is 12.1 Å². The summed E-state index contributed by atoms with van der Waals surface area (Å²) in [6, 6.07) is 6.36. The third-order valence-electron chi connectivity index (χ3n) is 3.03. The van der Waals surface area contributed by atoms with Crippen LogP contribution < -0.4 is 5.32 Å². The fraction of sp³-hybridized carbons (Fsp3) is 0.385. The van der Waals surface area contributed by atoms with Gasteiger partial charge in [-0.1, -0.05) is 23.7 Å². The summed E-state index contributed by atoms with van der Waals surface area (Å²) >= 11 is 7.24. The maximum Gasteiger partial charge on any atom is 0.327 e. The highest BCUT2D eigenvalue weighted by Crippen LogP contribution is 2.20. The Morgan fingerprint density at radius 2 is 2.10 bits per heavy atom. The number of amides is 2. The van der Waals surface area contributed by atoms with Crippen LogP contribution in [0.1, 0.15) is 5.56 Å². The van der Waals surface area contributed by atoms with Crippen molar-refractivity contribution in [1.82, 2.24) is 10.2 Å². The molecule has 5 nitrogen and oxygen atoms in total. The average Bonchev–Trinajstić information content (AvgIpc) is 2.90. The van der Waals surface area contributed by atoms with Crippen molar-refractivity contribution in [2.75, 3.05) is 18.2 Å². The molecule has 1 aromatic rings. The van der Waals surface area contributed by atoms with Crippen LogP contribution in [-0.4, -0.2) is 46.2 Å². The standard InChI is InChI=1S/C13H15ClN2O3S/c14-10-3-1-9(2-4-10)5-6-15-13(19)16-8-20-7-11(16)12(17)18/h1-4,11H,5-8H2,(H,15,19)(H,17,18). The number of carboxylic acids is 1. The first-order chi connectivity index (χ1) is 9.58. The SMILES string of the molecule is O=C(O)C1CSCN1C(=O)NCCc1ccc(Cl)cc1. The molecule has 0 aliphatic carbocycles. The lowest BCUT2D eigenvalue weighted by atomic mass is 10.1. The van der Waals surface area contributed by atoms with Crippen molar-refractivity contribution in [1.29, 1.82) is 0 Å². The number of carbonyl (C=O) groups excluding carboxylic acids is 1. The van der Waals surface area contributed by atoms with E-state index >= 15 is 0 Å². The van der Waals surface area contributed by atoms with E-state index in [-0.39, 0.29) is 6.03 Å². The van der Waals surface area contributed by atoms with Gasteiger partial charge in [-0.15, -0.1) is 11.8 Å². The fourth-order valence-corrected chi connectivity index (χ4v) is 3.18. The lowest BCUT2D eigenvalue weighted by Crippen LogP contribution is -2.47. The van der Waals surface area contributed by atoms with Gasteiger partial charge in [-0.3, -0.25) is 0 Å². The van der Waals surface area contributed by atoms with Gasteiger partial charge < -0.3 is 15.3 Å². The van der Waals surface area contributed by atoms with Crippen LogP contribution in [0.25, 0.3) is 0 Å². The molecule has 1 aliphatic rings. The van der Waals surface area contributed by atoms with Crippen molar-refractivity contribution < 1.29 is 14.7 Å². The molecule has 0 saturated carbocycles. The van der Waals surface area contributed by atoms with Crippen molar-refractivity contribution in [2.24, 2.45) is 0 Å². The van der Waals surface area contributed by atoms with E-state index < -0.39 is 12.0 Å². The smallest absolute Gasteiger partial charge is 0.327 e. The number of halogens is 1. The first-order valence-corrected chi connectivity index (χ1v) is 7.70. The number of nitrogens with zero attached hydrogens (tertiary/aromatic N) is 1. The van der Waals surface area contributed by atoms with Crippen LogP contribution in [0.3, 0.4) is 0 Å². The van der Waals surface area contributed by atoms with Crippen molar-refractivity contribution in [3.63, 3.8) is 0 Å². The van der Waals surface area contributed by atoms with Gasteiger partial charge in [0.1, 0.15) is 6.04 Å². The second-order valence-corrected chi connectivity index (χ2v) is 5.87. The molecule has 108 valence electrons. The van der Waals surface area contributed by atoms with Gasteiger partial charge >= 0.3 is 12.0 Å². The zero-order valence-corrected chi connectivity index (χ0v) is 12.3. The summed E-state index contributed by atoms with van der Waals surface area (Å²) in [4.78, 5) is 24.3. The molecule has 1 aliphatic heterocycles. The molecule has 0 radical (unpaired) electrons. The largest absolute Gasteiger partial charge is 0.480 e. The molecule has 0 spiro atoms. The molecule has 2 rings (SSSR count). The molecule has 2 N–H and O–H groups in total. The zero-order valence-electron chi connectivity index (χ0n) is 10.7. The molecule has 1 atom stereocenters. The molecule has 7 heteroatoms. The zero-order chi connectivity index (χ0) is 14.5. The molecule has 1 heterocycles. The minimum atomic E-state index is -0.956. The van der Waals surface area contributed by atoms with Crippen LogP contribution in [0.4, 0.5) is 4.79 Å². The van der Waals surface area contributed by atoms with E-state index in [4.69, 9.17) is 16.7 Å². The Kier molecular flexibility index (Phi) is 5.14. The van der Waals surface area contributed by atoms with Crippen molar-refractivity contribution in [3.05, 3.63) is 34.9 Å². The molecule has 2 amide bonds. The molecule has 1 fully saturated rings. The quantitative estimate of drug-likeness (QED) is 0.892. The summed E-state index contributed by atoms with van der Waals surface area (Å²) in [6.45, 7) is 0.466. The maximum atomic E-state index is 11.9. The Morgan fingerprint density at radius 1 is 1.40 bits per heavy atom. The van der Waals surface area contributed by atoms with Gasteiger partial charge in [0.25, 0.3) is 0 Å². The predicted octanol–water partition coefficient (Wildman–Crippen LogP) is 2.05. The van der Waals surface area contributed by atoms with Crippen LogP contribution in [0.5, 0.6) is 0 Å². The summed E-state index contributed by atoms with van der Waals surface area (Å²) in [5.41, 5.74) is 1.07. The molecule has 0 aromatic heterocycles. The Hall–Kier alpha value is -1.40. The highest BCUT2D eigenvalue weighted by atomic mass is 35.5. The molecule has 1 unspecified atom stereocenters. The molecule has 1 aromatic carbocycles. The number of nitrogens with one attached hydrogen (secondary N) is 1. The van der Waals surface area contributed by atoms with E-state index in [0.717, 1.165) is 5.56 Å². The van der Waals surface area contributed by atoms with Crippen LogP contribution >= 0.6 is 23.4 Å². The van der Waals surface area contributed by atoms with E-state index in [1.807, 2.05) is 12.1 Å². The van der Waals surface area contributed by atoms with Gasteiger partial charge in [0.2, 0.25) is 0 Å². The maximum absolute atomic E-state index is 11.9. The number of hydrogen-bond donors (Lipinski definition) is 2. The number of hydrogen-bond acceptors (Lipinski definition) is 3. The lowest BCUT2D eigenvalue weighted by Gasteiger charge is -2.20. The average molecular weight is 315 g/mol. The number of thioether (sulfide) groups is 1. The second-order valence-electron chi connectivity index (χ2n) is 4.43. The van der Waals surface area contributed by atoms with Crippen LogP contribution in [0.2, 0.25) is 5.02 Å². The van der Waals surface area contributed by atoms with Crippen LogP contribution in [0, 0.1) is 0 Å². The number of carbonyl (C=O) groups is 2. The minimum Gasteiger partial charge on any atom is -0.480 e. The summed E-state index contributed by atoms with van der Waals surface area (Å²) in [5, 5.41) is 12.4. The molecule has 1 saturated heterocycles. The van der Waals surface area contributed by atoms with Gasteiger partial charge in [-0.25, -0.2) is 9.59 Å². The second kappa shape index (κ2) is 6.85. The number of carboxylic acid groups (broad SMARTS) is 1. The summed E-state index contributed by atoms with van der Waals surface area (Å²) < 4.78 is 0. The number of aliphatic carboxylic acids is 1. The Labute approximate surface area is 126 Å². The Balaban J connectivity index is 1.80. The van der Waals surface area contributed by atoms with E-state index in [1.165, 1.54) is 16.7 Å². The predicted molar refractivity (Wildman–Crippen MR) is 79.1 cm³/mol. The van der Waals surface area contributed by atoms with Crippen molar-refractivity contribution in [3.8, 4) is 0 Å². The van der Waals surface area contributed by atoms with Gasteiger partial charge in [0.15, 0.2) is 0 Å². The lowest BCUT2D eigenvalue weighted by molar-refractivity contribution is -0.140. The highest BCUT2D eigenvalue weighted by molar-refractivity contribution is 7.99. The van der Waals surface area contributed by atoms with E-state index in [0.29, 0.717) is 29.6 Å². The van der Waals surface area contributed by atoms with Gasteiger partial charge in [-0.05, 0) is 24.1 Å². The molecule has 20 heavy (non-hydrogen) atoms. The molecule has 0 bridgehead atoms. The number of rotatable bonds is 4. The monoisotopic (exact) mass is 314 g/mol. The van der Waals surface area contributed by atoms with Crippen molar-refractivity contribution in [2.45, 2.75) is 12.5 Å². The van der Waals surface area contributed by atoms with Crippen LogP contribution in [0.15, 0.2) is 24.3 Å². The molecular weight excluding hydrogens is 300 g/mol. The van der Waals surface area contributed by atoms with Gasteiger partial charge in [-0.2, -0.15) is 0 Å². The van der Waals surface area contributed by atoms with Crippen LogP contribution in [-0.2, 0) is 11.2 Å². The third-order valence-corrected chi connectivity index (χ3v) is 4.30.